The zero-order chi connectivity index (χ0) is 9.68. The van der Waals surface area contributed by atoms with Gasteiger partial charge in [0.05, 0.1) is 6.61 Å². The number of rotatable bonds is 2. The molecule has 0 aliphatic carbocycles. The largest absolute Gasteiger partial charge is 0.395 e. The molecule has 0 bridgehead atoms. The minimum absolute atomic E-state index is 0.189. The van der Waals surface area contributed by atoms with Crippen LogP contribution in [-0.2, 0) is 0 Å². The van der Waals surface area contributed by atoms with E-state index in [4.69, 9.17) is 5.11 Å². The van der Waals surface area contributed by atoms with Gasteiger partial charge in [0.15, 0.2) is 0 Å². The zero-order valence-electron chi connectivity index (χ0n) is 7.84. The van der Waals surface area contributed by atoms with Crippen molar-refractivity contribution in [1.29, 1.82) is 0 Å². The monoisotopic (exact) mass is 177 g/mol. The molecule has 1 N–H and O–H groups in total. The molecule has 0 spiro atoms. The number of hydrogen-bond donors (Lipinski definition) is 1. The van der Waals surface area contributed by atoms with Gasteiger partial charge in [0.2, 0.25) is 0 Å². The molecule has 0 aromatic heterocycles. The third kappa shape index (κ3) is 2.73. The van der Waals surface area contributed by atoms with Crippen LogP contribution in [0.2, 0.25) is 0 Å². The number of aliphatic hydroxyl groups excluding tert-OH is 1. The van der Waals surface area contributed by atoms with Crippen molar-refractivity contribution >= 4 is 0 Å². The zero-order valence-corrected chi connectivity index (χ0v) is 7.84. The van der Waals surface area contributed by atoms with Gasteiger partial charge in [0.1, 0.15) is 0 Å². The van der Waals surface area contributed by atoms with Crippen LogP contribution in [0.1, 0.15) is 6.42 Å². The Morgan fingerprint density at radius 2 is 1.77 bits per heavy atom. The second-order valence-electron chi connectivity index (χ2n) is 3.17. The summed E-state index contributed by atoms with van der Waals surface area (Å²) < 4.78 is 0. The van der Waals surface area contributed by atoms with E-state index in [-0.39, 0.29) is 6.61 Å². The molecule has 0 unspecified atom stereocenters. The van der Waals surface area contributed by atoms with Gasteiger partial charge in [0, 0.05) is 26.1 Å². The highest BCUT2D eigenvalue weighted by atomic mass is 16.3. The molecule has 1 aliphatic heterocycles. The molecule has 13 heavy (non-hydrogen) atoms. The van der Waals surface area contributed by atoms with Crippen molar-refractivity contribution in [2.45, 2.75) is 6.42 Å². The fourth-order valence-electron chi connectivity index (χ4n) is 1.50. The maximum atomic E-state index is 8.80. The Labute approximate surface area is 79.2 Å². The highest BCUT2D eigenvalue weighted by Gasteiger charge is 2.16. The van der Waals surface area contributed by atoms with Crippen LogP contribution in [0, 0.1) is 0 Å². The number of nitrogens with zero attached hydrogens (tertiary/aromatic N) is 1. The second-order valence-corrected chi connectivity index (χ2v) is 3.17. The van der Waals surface area contributed by atoms with Crippen molar-refractivity contribution < 1.29 is 5.11 Å². The quantitative estimate of drug-likeness (QED) is 0.639. The molecule has 0 aromatic carbocycles. The van der Waals surface area contributed by atoms with E-state index in [1.807, 2.05) is 0 Å². The average Bonchev–Trinajstić information content (AvgIpc) is 2.17. The molecule has 2 nitrogen and oxygen atoms in total. The Morgan fingerprint density at radius 3 is 2.15 bits per heavy atom. The van der Waals surface area contributed by atoms with E-state index in [0.717, 1.165) is 30.7 Å². The predicted molar refractivity (Wildman–Crippen MR) is 53.4 cm³/mol. The van der Waals surface area contributed by atoms with E-state index < -0.39 is 0 Å². The fraction of sp³-hybridized carbons (Fsp3) is 0.455. The first kappa shape index (κ1) is 10.0. The molecule has 1 rings (SSSR count). The molecule has 70 valence electrons. The molecule has 1 saturated heterocycles. The molecular formula is C11H15NO. The Morgan fingerprint density at radius 1 is 1.23 bits per heavy atom. The smallest absolute Gasteiger partial charge is 0.0558 e. The van der Waals surface area contributed by atoms with Crippen LogP contribution < -0.4 is 0 Å². The molecule has 1 aliphatic rings. The minimum Gasteiger partial charge on any atom is -0.395 e. The van der Waals surface area contributed by atoms with Crippen LogP contribution in [0.5, 0.6) is 0 Å². The summed E-state index contributed by atoms with van der Waals surface area (Å²) in [6.45, 7) is 9.86. The Bertz CT molecular complexity index is 254. The van der Waals surface area contributed by atoms with Gasteiger partial charge in [0.25, 0.3) is 0 Å². The van der Waals surface area contributed by atoms with Crippen molar-refractivity contribution in [3.05, 3.63) is 35.8 Å². The van der Waals surface area contributed by atoms with E-state index >= 15 is 0 Å². The molecular weight excluding hydrogens is 162 g/mol. The molecule has 1 heterocycles. The van der Waals surface area contributed by atoms with Crippen LogP contribution in [0.4, 0.5) is 0 Å². The normalized spacial score (nSPS) is 18.2. The first-order valence-electron chi connectivity index (χ1n) is 4.39. The summed E-state index contributed by atoms with van der Waals surface area (Å²) in [4.78, 5) is 2.14. The SMILES string of the molecule is C=C=C1CC(=C=C)CN(CCO)C1. The minimum atomic E-state index is 0.189. The number of likely N-dealkylation sites (tertiary alicyclic amines) is 1. The standard InChI is InChI=1S/C11H15NO/c1-3-10-7-11(4-2)9-12(8-10)5-6-13/h13H,1-2,5-9H2. The molecule has 0 saturated carbocycles. The van der Waals surface area contributed by atoms with Gasteiger partial charge in [-0.15, -0.1) is 11.5 Å². The lowest BCUT2D eigenvalue weighted by atomic mass is 10.0. The first-order valence-corrected chi connectivity index (χ1v) is 4.39. The molecule has 0 amide bonds. The second kappa shape index (κ2) is 4.86. The summed E-state index contributed by atoms with van der Waals surface area (Å²) >= 11 is 0. The van der Waals surface area contributed by atoms with Crippen molar-refractivity contribution in [3.8, 4) is 0 Å². The van der Waals surface area contributed by atoms with Crippen molar-refractivity contribution in [1.82, 2.24) is 4.90 Å². The van der Waals surface area contributed by atoms with Crippen molar-refractivity contribution in [2.24, 2.45) is 0 Å². The summed E-state index contributed by atoms with van der Waals surface area (Å²) in [6.07, 6.45) is 0.884. The number of aliphatic hydroxyl groups is 1. The Hall–Kier alpha value is -1.04. The third-order valence-electron chi connectivity index (χ3n) is 2.17. The van der Waals surface area contributed by atoms with Crippen LogP contribution >= 0.6 is 0 Å². The molecule has 0 radical (unpaired) electrons. The lowest BCUT2D eigenvalue weighted by molar-refractivity contribution is 0.208. The molecule has 0 aromatic rings. The van der Waals surface area contributed by atoms with Gasteiger partial charge in [-0.3, -0.25) is 4.90 Å². The first-order chi connectivity index (χ1) is 6.30. The predicted octanol–water partition coefficient (Wildman–Crippen LogP) is 1.11. The lowest BCUT2D eigenvalue weighted by Crippen LogP contribution is -2.34. The Balaban J connectivity index is 2.71. The van der Waals surface area contributed by atoms with Crippen molar-refractivity contribution in [3.63, 3.8) is 0 Å². The lowest BCUT2D eigenvalue weighted by Gasteiger charge is -2.27. The number of β-amino-alcohol motifs (C(OH)–C–C–N with tert-alkyl or cyclic N) is 1. The summed E-state index contributed by atoms with van der Waals surface area (Å²) in [5.41, 5.74) is 8.14. The van der Waals surface area contributed by atoms with E-state index in [2.05, 4.69) is 29.5 Å². The van der Waals surface area contributed by atoms with E-state index in [1.165, 1.54) is 0 Å². The van der Waals surface area contributed by atoms with Gasteiger partial charge < -0.3 is 5.11 Å². The van der Waals surface area contributed by atoms with E-state index in [0.29, 0.717) is 6.54 Å². The third-order valence-corrected chi connectivity index (χ3v) is 2.17. The van der Waals surface area contributed by atoms with Gasteiger partial charge >= 0.3 is 0 Å². The van der Waals surface area contributed by atoms with Crippen LogP contribution in [0.3, 0.4) is 0 Å². The highest BCUT2D eigenvalue weighted by Crippen LogP contribution is 2.17. The summed E-state index contributed by atoms with van der Waals surface area (Å²) in [5, 5.41) is 8.80. The van der Waals surface area contributed by atoms with Gasteiger partial charge in [-0.05, 0) is 11.1 Å². The summed E-state index contributed by atoms with van der Waals surface area (Å²) in [6, 6.07) is 0. The van der Waals surface area contributed by atoms with Crippen molar-refractivity contribution in [2.75, 3.05) is 26.2 Å². The summed E-state index contributed by atoms with van der Waals surface area (Å²) in [7, 11) is 0. The maximum Gasteiger partial charge on any atom is 0.0558 e. The van der Waals surface area contributed by atoms with E-state index in [1.54, 1.807) is 0 Å². The summed E-state index contributed by atoms with van der Waals surface area (Å²) in [5.74, 6) is 0. The van der Waals surface area contributed by atoms with Crippen LogP contribution in [0.25, 0.3) is 0 Å². The topological polar surface area (TPSA) is 23.5 Å². The fourth-order valence-corrected chi connectivity index (χ4v) is 1.50. The number of piperidine rings is 1. The number of hydrogen-bond acceptors (Lipinski definition) is 2. The molecule has 1 fully saturated rings. The van der Waals surface area contributed by atoms with Crippen LogP contribution in [0.15, 0.2) is 35.8 Å². The maximum absolute atomic E-state index is 8.80. The molecule has 0 atom stereocenters. The average molecular weight is 177 g/mol. The Kier molecular flexibility index (Phi) is 3.75. The molecule has 2 heteroatoms. The van der Waals surface area contributed by atoms with Gasteiger partial charge in [-0.25, -0.2) is 0 Å². The highest BCUT2D eigenvalue weighted by molar-refractivity contribution is 5.20. The van der Waals surface area contributed by atoms with Crippen LogP contribution in [-0.4, -0.2) is 36.2 Å². The van der Waals surface area contributed by atoms with Gasteiger partial charge in [-0.1, -0.05) is 13.2 Å². The van der Waals surface area contributed by atoms with Gasteiger partial charge in [-0.2, -0.15) is 0 Å². The van der Waals surface area contributed by atoms with E-state index in [9.17, 15) is 0 Å².